The summed E-state index contributed by atoms with van der Waals surface area (Å²) in [6, 6.07) is 9.57. The molecule has 0 aliphatic carbocycles. The van der Waals surface area contributed by atoms with Crippen molar-refractivity contribution in [3.63, 3.8) is 0 Å². The van der Waals surface area contributed by atoms with Crippen molar-refractivity contribution in [1.29, 1.82) is 0 Å². The standard InChI is InChI=1S/C21H20F3N3O3S/c1-13(26-31(29,30)19-9-7-16(8-10-19)15(3)28)20-12-25-27(14(20)2)18-6-4-5-17(11-18)21(22,23)24/h4-13,26H,1-3H3/t13-/m1/s1. The number of hydrogen-bond acceptors (Lipinski definition) is 4. The van der Waals surface area contributed by atoms with Crippen LogP contribution in [0.15, 0.2) is 59.6 Å². The number of nitrogens with one attached hydrogen (secondary N) is 1. The van der Waals surface area contributed by atoms with E-state index in [0.29, 0.717) is 16.8 Å². The van der Waals surface area contributed by atoms with Crippen LogP contribution in [0.2, 0.25) is 0 Å². The topological polar surface area (TPSA) is 81.1 Å². The van der Waals surface area contributed by atoms with Crippen molar-refractivity contribution in [3.05, 3.63) is 77.1 Å². The number of rotatable bonds is 6. The van der Waals surface area contributed by atoms with Crippen LogP contribution in [-0.4, -0.2) is 24.0 Å². The fourth-order valence-electron chi connectivity index (χ4n) is 3.15. The number of halogens is 3. The second-order valence-electron chi connectivity index (χ2n) is 7.07. The van der Waals surface area contributed by atoms with Crippen molar-refractivity contribution in [2.75, 3.05) is 0 Å². The van der Waals surface area contributed by atoms with Crippen molar-refractivity contribution < 1.29 is 26.4 Å². The van der Waals surface area contributed by atoms with Crippen molar-refractivity contribution in [3.8, 4) is 5.69 Å². The van der Waals surface area contributed by atoms with Gasteiger partial charge in [0.2, 0.25) is 10.0 Å². The monoisotopic (exact) mass is 451 g/mol. The predicted molar refractivity (Wildman–Crippen MR) is 108 cm³/mol. The summed E-state index contributed by atoms with van der Waals surface area (Å²) in [5.74, 6) is -0.178. The summed E-state index contributed by atoms with van der Waals surface area (Å²) in [6.45, 7) is 4.64. The van der Waals surface area contributed by atoms with E-state index in [1.807, 2.05) is 0 Å². The number of nitrogens with zero attached hydrogens (tertiary/aromatic N) is 2. The third-order valence-electron chi connectivity index (χ3n) is 4.84. The first kappa shape index (κ1) is 22.7. The summed E-state index contributed by atoms with van der Waals surface area (Å²) in [7, 11) is -3.90. The summed E-state index contributed by atoms with van der Waals surface area (Å²) in [6.07, 6.45) is -3.07. The lowest BCUT2D eigenvalue weighted by Gasteiger charge is -2.15. The Morgan fingerprint density at radius 1 is 1.13 bits per heavy atom. The van der Waals surface area contributed by atoms with Gasteiger partial charge in [0.1, 0.15) is 0 Å². The van der Waals surface area contributed by atoms with Crippen molar-refractivity contribution in [2.45, 2.75) is 37.9 Å². The molecule has 1 aromatic heterocycles. The van der Waals surface area contributed by atoms with Gasteiger partial charge in [0.05, 0.1) is 22.3 Å². The number of alkyl halides is 3. The van der Waals surface area contributed by atoms with Crippen LogP contribution < -0.4 is 4.72 Å². The van der Waals surface area contributed by atoms with Gasteiger partial charge in [-0.05, 0) is 51.1 Å². The number of ketones is 1. The molecule has 0 bridgehead atoms. The maximum Gasteiger partial charge on any atom is 0.416 e. The van der Waals surface area contributed by atoms with Gasteiger partial charge in [-0.2, -0.15) is 18.3 Å². The van der Waals surface area contributed by atoms with Gasteiger partial charge in [0.25, 0.3) is 0 Å². The van der Waals surface area contributed by atoms with Gasteiger partial charge in [-0.3, -0.25) is 4.79 Å². The van der Waals surface area contributed by atoms with Crippen LogP contribution in [-0.2, 0) is 16.2 Å². The Hall–Kier alpha value is -2.98. The van der Waals surface area contributed by atoms with Gasteiger partial charge >= 0.3 is 6.18 Å². The molecule has 164 valence electrons. The van der Waals surface area contributed by atoms with Crippen LogP contribution in [0.4, 0.5) is 13.2 Å². The van der Waals surface area contributed by atoms with Crippen LogP contribution in [0.25, 0.3) is 5.69 Å². The fraction of sp³-hybridized carbons (Fsp3) is 0.238. The molecule has 1 atom stereocenters. The summed E-state index contributed by atoms with van der Waals surface area (Å²) >= 11 is 0. The molecule has 0 saturated heterocycles. The SMILES string of the molecule is CC(=O)c1ccc(S(=O)(=O)N[C@H](C)c2cnn(-c3cccc(C(F)(F)F)c3)c2C)cc1. The van der Waals surface area contributed by atoms with E-state index in [1.165, 1.54) is 54.2 Å². The first-order valence-corrected chi connectivity index (χ1v) is 10.7. The molecule has 31 heavy (non-hydrogen) atoms. The largest absolute Gasteiger partial charge is 0.416 e. The first-order valence-electron chi connectivity index (χ1n) is 9.25. The molecule has 0 aliphatic rings. The molecule has 1 N–H and O–H groups in total. The summed E-state index contributed by atoms with van der Waals surface area (Å²) < 4.78 is 68.3. The summed E-state index contributed by atoms with van der Waals surface area (Å²) in [4.78, 5) is 11.4. The van der Waals surface area contributed by atoms with Crippen LogP contribution in [0.1, 0.15) is 47.1 Å². The van der Waals surface area contributed by atoms with Crippen molar-refractivity contribution in [2.24, 2.45) is 0 Å². The molecule has 0 spiro atoms. The van der Waals surface area contributed by atoms with E-state index in [9.17, 15) is 26.4 Å². The minimum atomic E-state index is -4.49. The van der Waals surface area contributed by atoms with E-state index in [4.69, 9.17) is 0 Å². The van der Waals surface area contributed by atoms with E-state index < -0.39 is 27.8 Å². The van der Waals surface area contributed by atoms with Crippen LogP contribution in [0.5, 0.6) is 0 Å². The zero-order valence-corrected chi connectivity index (χ0v) is 17.8. The molecule has 6 nitrogen and oxygen atoms in total. The molecule has 0 radical (unpaired) electrons. The lowest BCUT2D eigenvalue weighted by atomic mass is 10.1. The molecule has 1 heterocycles. The number of carbonyl (C=O) groups is 1. The third kappa shape index (κ3) is 4.86. The second-order valence-corrected chi connectivity index (χ2v) is 8.78. The summed E-state index contributed by atoms with van der Waals surface area (Å²) in [5.41, 5.74) is 0.825. The minimum absolute atomic E-state index is 0.00715. The highest BCUT2D eigenvalue weighted by molar-refractivity contribution is 7.89. The lowest BCUT2D eigenvalue weighted by Crippen LogP contribution is -2.27. The third-order valence-corrected chi connectivity index (χ3v) is 6.39. The number of benzene rings is 2. The molecule has 2 aromatic carbocycles. The minimum Gasteiger partial charge on any atom is -0.295 e. The Morgan fingerprint density at radius 3 is 2.35 bits per heavy atom. The molecule has 0 amide bonds. The number of hydrogen-bond donors (Lipinski definition) is 1. The van der Waals surface area contributed by atoms with E-state index in [2.05, 4.69) is 9.82 Å². The zero-order chi connectivity index (χ0) is 23.0. The quantitative estimate of drug-likeness (QED) is 0.562. The molecule has 10 heteroatoms. The molecule has 0 unspecified atom stereocenters. The number of Topliss-reactive ketones (excluding diaryl/α,β-unsaturated/α-hetero) is 1. The smallest absolute Gasteiger partial charge is 0.295 e. The Bertz CT molecular complexity index is 1220. The molecular weight excluding hydrogens is 431 g/mol. The Morgan fingerprint density at radius 2 is 1.77 bits per heavy atom. The maximum atomic E-state index is 13.0. The average Bonchev–Trinajstić information content (AvgIpc) is 3.08. The van der Waals surface area contributed by atoms with Gasteiger partial charge in [0, 0.05) is 22.9 Å². The van der Waals surface area contributed by atoms with Gasteiger partial charge in [-0.15, -0.1) is 0 Å². The normalized spacial score (nSPS) is 13.2. The van der Waals surface area contributed by atoms with Crippen molar-refractivity contribution >= 4 is 15.8 Å². The van der Waals surface area contributed by atoms with Gasteiger partial charge < -0.3 is 0 Å². The lowest BCUT2D eigenvalue weighted by molar-refractivity contribution is -0.137. The predicted octanol–water partition coefficient (Wildman–Crippen LogP) is 4.44. The number of aromatic nitrogens is 2. The van der Waals surface area contributed by atoms with Crippen molar-refractivity contribution in [1.82, 2.24) is 14.5 Å². The fourth-order valence-corrected chi connectivity index (χ4v) is 4.38. The van der Waals surface area contributed by atoms with Gasteiger partial charge in [-0.25, -0.2) is 17.8 Å². The van der Waals surface area contributed by atoms with Gasteiger partial charge in [0.15, 0.2) is 5.78 Å². The summed E-state index contributed by atoms with van der Waals surface area (Å²) in [5, 5.41) is 4.14. The highest BCUT2D eigenvalue weighted by Gasteiger charge is 2.31. The molecular formula is C21H20F3N3O3S. The van der Waals surface area contributed by atoms with Gasteiger partial charge in [-0.1, -0.05) is 18.2 Å². The Balaban J connectivity index is 1.86. The van der Waals surface area contributed by atoms with Crippen LogP contribution in [0, 0.1) is 6.92 Å². The van der Waals surface area contributed by atoms with Crippen LogP contribution >= 0.6 is 0 Å². The van der Waals surface area contributed by atoms with E-state index >= 15 is 0 Å². The number of sulfonamides is 1. The molecule has 0 fully saturated rings. The second kappa shape index (κ2) is 8.27. The van der Waals surface area contributed by atoms with E-state index in [0.717, 1.165) is 12.1 Å². The van der Waals surface area contributed by atoms with E-state index in [1.54, 1.807) is 13.8 Å². The van der Waals surface area contributed by atoms with Crippen LogP contribution in [0.3, 0.4) is 0 Å². The maximum absolute atomic E-state index is 13.0. The Kier molecular flexibility index (Phi) is 6.06. The Labute approximate surface area is 177 Å². The first-order chi connectivity index (χ1) is 14.4. The highest BCUT2D eigenvalue weighted by Crippen LogP contribution is 2.31. The zero-order valence-electron chi connectivity index (χ0n) is 16.9. The van der Waals surface area contributed by atoms with E-state index in [-0.39, 0.29) is 16.4 Å². The average molecular weight is 451 g/mol. The molecule has 3 aromatic rings. The molecule has 3 rings (SSSR count). The molecule has 0 aliphatic heterocycles. The molecule has 0 saturated carbocycles. The highest BCUT2D eigenvalue weighted by atomic mass is 32.2. The number of carbonyl (C=O) groups excluding carboxylic acids is 1.